The van der Waals surface area contributed by atoms with Crippen LogP contribution < -0.4 is 5.32 Å². The summed E-state index contributed by atoms with van der Waals surface area (Å²) in [5.41, 5.74) is 2.04. The highest BCUT2D eigenvalue weighted by Crippen LogP contribution is 2.36. The molecule has 1 fully saturated rings. The molecule has 0 bridgehead atoms. The summed E-state index contributed by atoms with van der Waals surface area (Å²) in [5, 5.41) is 14.6. The minimum atomic E-state index is -0.945. The average molecular weight is 402 g/mol. The number of nitrogens with zero attached hydrogens (tertiary/aromatic N) is 5. The molecule has 2 heterocycles. The highest BCUT2D eigenvalue weighted by atomic mass is 16.2. The third-order valence-corrected chi connectivity index (χ3v) is 5.39. The Morgan fingerprint density at radius 1 is 1.03 bits per heavy atom. The zero-order valence-electron chi connectivity index (χ0n) is 16.1. The van der Waals surface area contributed by atoms with Crippen LogP contribution in [0.2, 0.25) is 0 Å². The molecule has 150 valence electrons. The number of amides is 3. The molecule has 2 aromatic carbocycles. The fourth-order valence-electron chi connectivity index (χ4n) is 3.57. The van der Waals surface area contributed by atoms with Crippen molar-refractivity contribution in [3.63, 3.8) is 0 Å². The van der Waals surface area contributed by atoms with Gasteiger partial charge in [-0.15, -0.1) is 5.10 Å². The van der Waals surface area contributed by atoms with Gasteiger partial charge in [0.15, 0.2) is 5.82 Å². The number of imide groups is 1. The van der Waals surface area contributed by atoms with Crippen LogP contribution in [0.1, 0.15) is 46.5 Å². The monoisotopic (exact) mass is 402 g/mol. The highest BCUT2D eigenvalue weighted by Gasteiger charge is 2.40. The Balaban J connectivity index is 1.30. The lowest BCUT2D eigenvalue weighted by Crippen LogP contribution is -2.45. The first-order valence-electron chi connectivity index (χ1n) is 9.70. The van der Waals surface area contributed by atoms with Gasteiger partial charge in [0, 0.05) is 11.3 Å². The van der Waals surface area contributed by atoms with Crippen molar-refractivity contribution in [1.82, 2.24) is 25.1 Å². The van der Waals surface area contributed by atoms with Gasteiger partial charge in [0.25, 0.3) is 11.8 Å². The molecule has 0 spiro atoms. The van der Waals surface area contributed by atoms with Gasteiger partial charge in [-0.2, -0.15) is 0 Å². The summed E-state index contributed by atoms with van der Waals surface area (Å²) in [6.07, 6.45) is 2.14. The van der Waals surface area contributed by atoms with Crippen molar-refractivity contribution in [3.05, 3.63) is 59.7 Å². The summed E-state index contributed by atoms with van der Waals surface area (Å²) in [6.45, 7) is 1.54. The molecule has 1 atom stereocenters. The van der Waals surface area contributed by atoms with Crippen molar-refractivity contribution < 1.29 is 14.4 Å². The second kappa shape index (κ2) is 6.87. The number of hydrogen-bond acceptors (Lipinski definition) is 6. The van der Waals surface area contributed by atoms with E-state index >= 15 is 0 Å². The van der Waals surface area contributed by atoms with Gasteiger partial charge in [-0.05, 0) is 66.6 Å². The number of rotatable bonds is 5. The van der Waals surface area contributed by atoms with Crippen LogP contribution >= 0.6 is 0 Å². The Morgan fingerprint density at radius 3 is 2.27 bits per heavy atom. The van der Waals surface area contributed by atoms with Crippen LogP contribution in [-0.2, 0) is 4.79 Å². The molecule has 1 unspecified atom stereocenters. The zero-order chi connectivity index (χ0) is 20.8. The van der Waals surface area contributed by atoms with Crippen LogP contribution in [0.4, 0.5) is 5.69 Å². The summed E-state index contributed by atoms with van der Waals surface area (Å²) >= 11 is 0. The van der Waals surface area contributed by atoms with Gasteiger partial charge < -0.3 is 5.32 Å². The molecule has 1 aromatic heterocycles. The maximum atomic E-state index is 12.7. The lowest BCUT2D eigenvalue weighted by Gasteiger charge is -2.21. The quantitative estimate of drug-likeness (QED) is 0.656. The standard InChI is InChI=1S/C21H18N6O3/c1-12(26-20(29)16-4-2-3-5-17(16)21(26)30)19(28)22-14-8-6-13(7-9-14)18-23-24-25-27(18)15-10-11-15/h2-9,12,15H,10-11H2,1H3,(H,22,28). The van der Waals surface area contributed by atoms with E-state index in [4.69, 9.17) is 0 Å². The summed E-state index contributed by atoms with van der Waals surface area (Å²) in [7, 11) is 0. The molecule has 3 amide bonds. The summed E-state index contributed by atoms with van der Waals surface area (Å²) in [6, 6.07) is 13.1. The van der Waals surface area contributed by atoms with Gasteiger partial charge in [0.1, 0.15) is 6.04 Å². The molecular formula is C21H18N6O3. The minimum Gasteiger partial charge on any atom is -0.324 e. The van der Waals surface area contributed by atoms with E-state index < -0.39 is 23.8 Å². The third-order valence-electron chi connectivity index (χ3n) is 5.39. The Labute approximate surface area is 171 Å². The van der Waals surface area contributed by atoms with Crippen LogP contribution in [0.5, 0.6) is 0 Å². The molecule has 1 aliphatic carbocycles. The number of aromatic nitrogens is 4. The molecular weight excluding hydrogens is 384 g/mol. The van der Waals surface area contributed by atoms with Crippen LogP contribution in [0.3, 0.4) is 0 Å². The Hall–Kier alpha value is -3.88. The smallest absolute Gasteiger partial charge is 0.262 e. The predicted octanol–water partition coefficient (Wildman–Crippen LogP) is 2.30. The maximum absolute atomic E-state index is 12.7. The number of hydrogen-bond donors (Lipinski definition) is 1. The first-order valence-corrected chi connectivity index (χ1v) is 9.70. The Bertz CT molecular complexity index is 1130. The van der Waals surface area contributed by atoms with Crippen LogP contribution in [0, 0.1) is 0 Å². The summed E-state index contributed by atoms with van der Waals surface area (Å²) in [5.74, 6) is -0.671. The molecule has 9 nitrogen and oxygen atoms in total. The predicted molar refractivity (Wildman–Crippen MR) is 107 cm³/mol. The van der Waals surface area contributed by atoms with E-state index in [0.29, 0.717) is 28.7 Å². The molecule has 3 aromatic rings. The van der Waals surface area contributed by atoms with Crippen LogP contribution in [0.15, 0.2) is 48.5 Å². The second-order valence-electron chi connectivity index (χ2n) is 7.45. The van der Waals surface area contributed by atoms with Gasteiger partial charge in [0.05, 0.1) is 17.2 Å². The number of fused-ring (bicyclic) bond motifs is 1. The SMILES string of the molecule is CC(C(=O)Nc1ccc(-c2nnnn2C2CC2)cc1)N1C(=O)c2ccccc2C1=O. The number of nitrogens with one attached hydrogen (secondary N) is 1. The molecule has 9 heteroatoms. The number of anilines is 1. The first-order chi connectivity index (χ1) is 14.5. The van der Waals surface area contributed by atoms with E-state index in [1.807, 2.05) is 16.8 Å². The minimum absolute atomic E-state index is 0.319. The fourth-order valence-corrected chi connectivity index (χ4v) is 3.57. The number of carbonyl (C=O) groups is 3. The van der Waals surface area contributed by atoms with Crippen LogP contribution in [0.25, 0.3) is 11.4 Å². The van der Waals surface area contributed by atoms with Crippen molar-refractivity contribution in [2.75, 3.05) is 5.32 Å². The van der Waals surface area contributed by atoms with Gasteiger partial charge >= 0.3 is 0 Å². The topological polar surface area (TPSA) is 110 Å². The maximum Gasteiger partial charge on any atom is 0.262 e. The molecule has 1 N–H and O–H groups in total. The van der Waals surface area contributed by atoms with Crippen molar-refractivity contribution in [2.24, 2.45) is 0 Å². The van der Waals surface area contributed by atoms with E-state index in [0.717, 1.165) is 23.3 Å². The normalized spacial score (nSPS) is 16.5. The number of carbonyl (C=O) groups excluding carboxylic acids is 3. The van der Waals surface area contributed by atoms with E-state index in [9.17, 15) is 14.4 Å². The van der Waals surface area contributed by atoms with Crippen LogP contribution in [-0.4, -0.2) is 48.9 Å². The molecule has 1 aliphatic heterocycles. The van der Waals surface area contributed by atoms with E-state index in [1.54, 1.807) is 36.4 Å². The average Bonchev–Trinajstić information content (AvgIpc) is 3.44. The Morgan fingerprint density at radius 2 is 1.67 bits per heavy atom. The molecule has 30 heavy (non-hydrogen) atoms. The van der Waals surface area contributed by atoms with E-state index in [2.05, 4.69) is 20.8 Å². The highest BCUT2D eigenvalue weighted by molar-refractivity contribution is 6.23. The van der Waals surface area contributed by atoms with Gasteiger partial charge in [0.2, 0.25) is 5.91 Å². The van der Waals surface area contributed by atoms with Gasteiger partial charge in [-0.25, -0.2) is 4.68 Å². The molecule has 0 radical (unpaired) electrons. The zero-order valence-corrected chi connectivity index (χ0v) is 16.1. The molecule has 2 aliphatic rings. The Kier molecular flexibility index (Phi) is 4.16. The van der Waals surface area contributed by atoms with Crippen molar-refractivity contribution in [1.29, 1.82) is 0 Å². The van der Waals surface area contributed by atoms with Crippen molar-refractivity contribution in [3.8, 4) is 11.4 Å². The summed E-state index contributed by atoms with van der Waals surface area (Å²) < 4.78 is 1.82. The fraction of sp³-hybridized carbons (Fsp3) is 0.238. The molecule has 0 saturated heterocycles. The lowest BCUT2D eigenvalue weighted by molar-refractivity contribution is -0.119. The summed E-state index contributed by atoms with van der Waals surface area (Å²) in [4.78, 5) is 38.9. The van der Waals surface area contributed by atoms with E-state index in [1.165, 1.54) is 6.92 Å². The van der Waals surface area contributed by atoms with Crippen molar-refractivity contribution >= 4 is 23.4 Å². The number of tetrazole rings is 1. The van der Waals surface area contributed by atoms with Gasteiger partial charge in [-0.1, -0.05) is 12.1 Å². The molecule has 5 rings (SSSR count). The first kappa shape index (κ1) is 18.2. The lowest BCUT2D eigenvalue weighted by atomic mass is 10.1. The van der Waals surface area contributed by atoms with Crippen molar-refractivity contribution in [2.45, 2.75) is 31.8 Å². The number of benzene rings is 2. The van der Waals surface area contributed by atoms with E-state index in [-0.39, 0.29) is 0 Å². The third kappa shape index (κ3) is 2.95. The largest absolute Gasteiger partial charge is 0.324 e. The van der Waals surface area contributed by atoms with Gasteiger partial charge in [-0.3, -0.25) is 19.3 Å². The molecule has 1 saturated carbocycles. The second-order valence-corrected chi connectivity index (χ2v) is 7.45.